The van der Waals surface area contributed by atoms with E-state index in [1.807, 2.05) is 36.7 Å². The number of aromatic nitrogens is 2. The van der Waals surface area contributed by atoms with Crippen LogP contribution < -0.4 is 0 Å². The molecule has 2 aliphatic heterocycles. The molecule has 5 nitrogen and oxygen atoms in total. The SMILES string of the molecule is O=C1OC(Cn2cnc3ccccc32)CC12CCN(Cc1cccc(F)c1)CC2. The summed E-state index contributed by atoms with van der Waals surface area (Å²) >= 11 is 0. The molecule has 2 aliphatic rings. The Morgan fingerprint density at radius 1 is 1.14 bits per heavy atom. The summed E-state index contributed by atoms with van der Waals surface area (Å²) in [6.07, 6.45) is 4.05. The number of carbonyl (C=O) groups excluding carboxylic acids is 1. The second-order valence-electron chi connectivity index (χ2n) is 8.30. The van der Waals surface area contributed by atoms with Crippen molar-refractivity contribution in [3.05, 3.63) is 66.2 Å². The van der Waals surface area contributed by atoms with Gasteiger partial charge in [-0.25, -0.2) is 9.37 Å². The number of hydrogen-bond donors (Lipinski definition) is 0. The molecule has 5 rings (SSSR count). The number of ether oxygens (including phenoxy) is 1. The summed E-state index contributed by atoms with van der Waals surface area (Å²) in [5, 5.41) is 0. The van der Waals surface area contributed by atoms with Crippen molar-refractivity contribution in [1.29, 1.82) is 0 Å². The van der Waals surface area contributed by atoms with Crippen molar-refractivity contribution in [2.75, 3.05) is 13.1 Å². The van der Waals surface area contributed by atoms with Gasteiger partial charge in [0.2, 0.25) is 0 Å². The molecule has 0 N–H and O–H groups in total. The van der Waals surface area contributed by atoms with Gasteiger partial charge in [-0.15, -0.1) is 0 Å². The first-order valence-corrected chi connectivity index (χ1v) is 10.2. The zero-order chi connectivity index (χ0) is 19.8. The molecule has 0 aliphatic carbocycles. The van der Waals surface area contributed by atoms with Crippen LogP contribution in [0, 0.1) is 11.2 Å². The average Bonchev–Trinajstić information content (AvgIpc) is 3.25. The molecule has 1 aromatic heterocycles. The number of piperidine rings is 1. The largest absolute Gasteiger partial charge is 0.460 e. The van der Waals surface area contributed by atoms with E-state index in [9.17, 15) is 9.18 Å². The number of imidazole rings is 1. The van der Waals surface area contributed by atoms with Gasteiger partial charge in [-0.1, -0.05) is 24.3 Å². The molecule has 29 heavy (non-hydrogen) atoms. The minimum atomic E-state index is -0.376. The van der Waals surface area contributed by atoms with Crippen LogP contribution >= 0.6 is 0 Å². The van der Waals surface area contributed by atoms with E-state index in [4.69, 9.17) is 4.74 Å². The van der Waals surface area contributed by atoms with Gasteiger partial charge in [-0.2, -0.15) is 0 Å². The van der Waals surface area contributed by atoms with Gasteiger partial charge < -0.3 is 9.30 Å². The molecule has 1 atom stereocenters. The predicted octanol–water partition coefficient (Wildman–Crippen LogP) is 3.77. The van der Waals surface area contributed by atoms with Crippen molar-refractivity contribution < 1.29 is 13.9 Å². The second-order valence-corrected chi connectivity index (χ2v) is 8.30. The van der Waals surface area contributed by atoms with E-state index >= 15 is 0 Å². The highest BCUT2D eigenvalue weighted by molar-refractivity contribution is 5.79. The van der Waals surface area contributed by atoms with E-state index in [0.29, 0.717) is 13.1 Å². The van der Waals surface area contributed by atoms with Crippen molar-refractivity contribution in [3.8, 4) is 0 Å². The van der Waals surface area contributed by atoms with Gasteiger partial charge in [-0.3, -0.25) is 9.69 Å². The maximum absolute atomic E-state index is 13.4. The molecule has 0 saturated carbocycles. The summed E-state index contributed by atoms with van der Waals surface area (Å²) in [5.41, 5.74) is 2.62. The smallest absolute Gasteiger partial charge is 0.312 e. The van der Waals surface area contributed by atoms with E-state index in [-0.39, 0.29) is 23.3 Å². The molecular weight excluding hydrogens is 369 g/mol. The number of cyclic esters (lactones) is 1. The van der Waals surface area contributed by atoms with Crippen LogP contribution in [0.5, 0.6) is 0 Å². The fraction of sp³-hybridized carbons (Fsp3) is 0.391. The molecule has 6 heteroatoms. The van der Waals surface area contributed by atoms with Crippen molar-refractivity contribution in [1.82, 2.24) is 14.5 Å². The minimum absolute atomic E-state index is 0.0580. The third-order valence-electron chi connectivity index (χ3n) is 6.36. The van der Waals surface area contributed by atoms with Gasteiger partial charge in [0, 0.05) is 13.0 Å². The summed E-state index contributed by atoms with van der Waals surface area (Å²) in [5.74, 6) is -0.262. The highest BCUT2D eigenvalue weighted by Crippen LogP contribution is 2.43. The Hall–Kier alpha value is -2.73. The van der Waals surface area contributed by atoms with Gasteiger partial charge in [0.15, 0.2) is 0 Å². The van der Waals surface area contributed by atoms with Crippen molar-refractivity contribution in [2.24, 2.45) is 5.41 Å². The quantitative estimate of drug-likeness (QED) is 0.633. The molecule has 3 heterocycles. The molecule has 0 radical (unpaired) electrons. The van der Waals surface area contributed by atoms with Crippen LogP contribution in [0.15, 0.2) is 54.9 Å². The van der Waals surface area contributed by atoms with Gasteiger partial charge in [-0.05, 0) is 55.8 Å². The predicted molar refractivity (Wildman–Crippen MR) is 108 cm³/mol. The molecular formula is C23H24FN3O2. The summed E-state index contributed by atoms with van der Waals surface area (Å²) in [4.78, 5) is 19.5. The van der Waals surface area contributed by atoms with E-state index in [2.05, 4.69) is 14.5 Å². The van der Waals surface area contributed by atoms with E-state index in [0.717, 1.165) is 48.9 Å². The normalized spacial score (nSPS) is 21.7. The Bertz CT molecular complexity index is 1040. The van der Waals surface area contributed by atoms with Crippen LogP contribution in [0.3, 0.4) is 0 Å². The van der Waals surface area contributed by atoms with Crippen LogP contribution in [0.4, 0.5) is 4.39 Å². The molecule has 1 unspecified atom stereocenters. The number of carbonyl (C=O) groups is 1. The fourth-order valence-electron chi connectivity index (χ4n) is 4.76. The molecule has 3 aromatic rings. The Balaban J connectivity index is 1.22. The number of para-hydroxylation sites is 2. The topological polar surface area (TPSA) is 47.4 Å². The zero-order valence-corrected chi connectivity index (χ0v) is 16.3. The molecule has 2 aromatic carbocycles. The van der Waals surface area contributed by atoms with Gasteiger partial charge in [0.25, 0.3) is 0 Å². The number of benzene rings is 2. The van der Waals surface area contributed by atoms with E-state index in [1.54, 1.807) is 12.1 Å². The van der Waals surface area contributed by atoms with Crippen LogP contribution in [0.25, 0.3) is 11.0 Å². The van der Waals surface area contributed by atoms with Gasteiger partial charge in [0.1, 0.15) is 11.9 Å². The first-order valence-electron chi connectivity index (χ1n) is 10.2. The van der Waals surface area contributed by atoms with E-state index < -0.39 is 0 Å². The molecule has 2 fully saturated rings. The monoisotopic (exact) mass is 393 g/mol. The Labute approximate surface area is 169 Å². The molecule has 2 saturated heterocycles. The Kier molecular flexibility index (Phi) is 4.59. The average molecular weight is 393 g/mol. The fourth-order valence-corrected chi connectivity index (χ4v) is 4.76. The lowest BCUT2D eigenvalue weighted by Gasteiger charge is -2.36. The number of fused-ring (bicyclic) bond motifs is 1. The first-order chi connectivity index (χ1) is 14.1. The number of likely N-dealkylation sites (tertiary alicyclic amines) is 1. The summed E-state index contributed by atoms with van der Waals surface area (Å²) in [6, 6.07) is 14.7. The highest BCUT2D eigenvalue weighted by Gasteiger charge is 2.50. The lowest BCUT2D eigenvalue weighted by Crippen LogP contribution is -2.42. The van der Waals surface area contributed by atoms with Crippen LogP contribution in [-0.4, -0.2) is 39.6 Å². The van der Waals surface area contributed by atoms with Crippen LogP contribution in [0.1, 0.15) is 24.8 Å². The summed E-state index contributed by atoms with van der Waals surface area (Å²) < 4.78 is 21.3. The van der Waals surface area contributed by atoms with Crippen molar-refractivity contribution in [3.63, 3.8) is 0 Å². The molecule has 0 amide bonds. The van der Waals surface area contributed by atoms with Gasteiger partial charge >= 0.3 is 5.97 Å². The van der Waals surface area contributed by atoms with Crippen molar-refractivity contribution in [2.45, 2.75) is 38.5 Å². The maximum atomic E-state index is 13.4. The second kappa shape index (κ2) is 7.26. The molecule has 0 bridgehead atoms. The van der Waals surface area contributed by atoms with Gasteiger partial charge in [0.05, 0.1) is 29.3 Å². The Morgan fingerprint density at radius 3 is 2.79 bits per heavy atom. The van der Waals surface area contributed by atoms with E-state index in [1.165, 1.54) is 6.07 Å². The third kappa shape index (κ3) is 3.53. The summed E-state index contributed by atoms with van der Waals surface area (Å²) in [7, 11) is 0. The minimum Gasteiger partial charge on any atom is -0.460 e. The standard InChI is InChI=1S/C23H24FN3O2/c24-18-5-3-4-17(12-18)14-26-10-8-23(9-11-26)13-19(29-22(23)28)15-27-16-25-20-6-1-2-7-21(20)27/h1-7,12,16,19H,8-11,13-15H2. The lowest BCUT2D eigenvalue weighted by molar-refractivity contribution is -0.151. The molecule has 150 valence electrons. The number of halogens is 1. The number of nitrogens with zero attached hydrogens (tertiary/aromatic N) is 3. The lowest BCUT2D eigenvalue weighted by atomic mass is 9.76. The number of rotatable bonds is 4. The van der Waals surface area contributed by atoms with Crippen LogP contribution in [0.2, 0.25) is 0 Å². The summed E-state index contributed by atoms with van der Waals surface area (Å²) in [6.45, 7) is 3.01. The number of hydrogen-bond acceptors (Lipinski definition) is 4. The van der Waals surface area contributed by atoms with Crippen LogP contribution in [-0.2, 0) is 22.6 Å². The Morgan fingerprint density at radius 2 is 1.97 bits per heavy atom. The first kappa shape index (κ1) is 18.3. The zero-order valence-electron chi connectivity index (χ0n) is 16.3. The maximum Gasteiger partial charge on any atom is 0.312 e. The molecule has 1 spiro atoms. The highest BCUT2D eigenvalue weighted by atomic mass is 19.1. The van der Waals surface area contributed by atoms with Crippen molar-refractivity contribution >= 4 is 17.0 Å². The third-order valence-corrected chi connectivity index (χ3v) is 6.36. The number of esters is 1.